The van der Waals surface area contributed by atoms with Gasteiger partial charge in [0.25, 0.3) is 0 Å². The van der Waals surface area contributed by atoms with Crippen LogP contribution in [0.4, 0.5) is 5.69 Å². The number of nitrogen functional groups attached to an aromatic ring is 1. The summed E-state index contributed by atoms with van der Waals surface area (Å²) in [4.78, 5) is 11.8. The van der Waals surface area contributed by atoms with Crippen molar-refractivity contribution < 1.29 is 14.3 Å². The summed E-state index contributed by atoms with van der Waals surface area (Å²) in [6.45, 7) is 3.09. The van der Waals surface area contributed by atoms with Crippen molar-refractivity contribution >= 4 is 11.6 Å². The van der Waals surface area contributed by atoms with Crippen molar-refractivity contribution in [3.05, 3.63) is 24.3 Å². The van der Waals surface area contributed by atoms with Gasteiger partial charge in [-0.2, -0.15) is 0 Å². The Balaban J connectivity index is 1.68. The molecule has 1 heterocycles. The number of rotatable bonds is 6. The third-order valence-electron chi connectivity index (χ3n) is 3.42. The number of hydrogen-bond donors (Lipinski definition) is 2. The highest BCUT2D eigenvalue weighted by Crippen LogP contribution is 2.19. The van der Waals surface area contributed by atoms with Crippen LogP contribution in [0.25, 0.3) is 0 Å². The average Bonchev–Trinajstić information content (AvgIpc) is 2.95. The van der Waals surface area contributed by atoms with E-state index in [1.54, 1.807) is 12.1 Å². The fourth-order valence-corrected chi connectivity index (χ4v) is 2.28. The van der Waals surface area contributed by atoms with Gasteiger partial charge in [0, 0.05) is 6.61 Å². The molecule has 0 aromatic heterocycles. The maximum atomic E-state index is 11.8. The largest absolute Gasteiger partial charge is 0.491 e. The zero-order valence-electron chi connectivity index (χ0n) is 11.8. The summed E-state index contributed by atoms with van der Waals surface area (Å²) in [6.07, 6.45) is 2.54. The minimum absolute atomic E-state index is 0.0255. The van der Waals surface area contributed by atoms with Crippen molar-refractivity contribution in [1.82, 2.24) is 5.32 Å². The second kappa shape index (κ2) is 7.14. The lowest BCUT2D eigenvalue weighted by molar-refractivity contribution is -0.123. The summed E-state index contributed by atoms with van der Waals surface area (Å²) in [7, 11) is 0. The summed E-state index contributed by atoms with van der Waals surface area (Å²) >= 11 is 0. The van der Waals surface area contributed by atoms with Crippen LogP contribution in [-0.2, 0) is 9.53 Å². The predicted octanol–water partition coefficient (Wildman–Crippen LogP) is 1.72. The summed E-state index contributed by atoms with van der Waals surface area (Å²) in [6, 6.07) is 7.31. The molecule has 0 spiro atoms. The quantitative estimate of drug-likeness (QED) is 0.777. The molecule has 3 N–H and O–H groups in total. The van der Waals surface area contributed by atoms with Crippen molar-refractivity contribution in [3.63, 3.8) is 0 Å². The molecule has 1 aromatic rings. The Morgan fingerprint density at radius 3 is 3.05 bits per heavy atom. The highest BCUT2D eigenvalue weighted by atomic mass is 16.5. The molecule has 0 radical (unpaired) electrons. The van der Waals surface area contributed by atoms with E-state index in [2.05, 4.69) is 5.32 Å². The monoisotopic (exact) mass is 278 g/mol. The normalized spacial score (nSPS) is 19.6. The smallest absolute Gasteiger partial charge is 0.223 e. The second-order valence-electron chi connectivity index (χ2n) is 5.04. The van der Waals surface area contributed by atoms with Crippen molar-refractivity contribution in [3.8, 4) is 5.75 Å². The molecule has 20 heavy (non-hydrogen) atoms. The first-order chi connectivity index (χ1) is 9.66. The van der Waals surface area contributed by atoms with Crippen LogP contribution in [0.3, 0.4) is 0 Å². The Hall–Kier alpha value is -1.75. The first kappa shape index (κ1) is 14.7. The van der Waals surface area contributed by atoms with Gasteiger partial charge in [0.15, 0.2) is 0 Å². The molecule has 1 aromatic carbocycles. The Kier molecular flexibility index (Phi) is 5.24. The highest BCUT2D eigenvalue weighted by Gasteiger charge is 2.23. The van der Waals surface area contributed by atoms with Crippen molar-refractivity contribution in [2.75, 3.05) is 18.9 Å². The summed E-state index contributed by atoms with van der Waals surface area (Å²) in [5.74, 6) is 0.593. The summed E-state index contributed by atoms with van der Waals surface area (Å²) < 4.78 is 11.0. The number of carbonyl (C=O) groups excluding carboxylic acids is 1. The molecule has 2 unspecified atom stereocenters. The van der Waals surface area contributed by atoms with Gasteiger partial charge in [0.1, 0.15) is 5.75 Å². The van der Waals surface area contributed by atoms with Crippen LogP contribution in [-0.4, -0.2) is 31.3 Å². The van der Waals surface area contributed by atoms with E-state index in [-0.39, 0.29) is 18.1 Å². The molecular formula is C15H22N2O3. The molecule has 1 fully saturated rings. The lowest BCUT2D eigenvalue weighted by Crippen LogP contribution is -2.41. The zero-order chi connectivity index (χ0) is 14.4. The molecule has 1 saturated heterocycles. The number of nitrogens with two attached hydrogens (primary N) is 1. The van der Waals surface area contributed by atoms with Gasteiger partial charge < -0.3 is 20.5 Å². The molecule has 1 amide bonds. The van der Waals surface area contributed by atoms with Crippen LogP contribution in [0.5, 0.6) is 5.75 Å². The van der Waals surface area contributed by atoms with Crippen LogP contribution < -0.4 is 15.8 Å². The Labute approximate surface area is 119 Å². The lowest BCUT2D eigenvalue weighted by Gasteiger charge is -2.20. The van der Waals surface area contributed by atoms with Crippen molar-refractivity contribution in [2.45, 2.75) is 38.3 Å². The van der Waals surface area contributed by atoms with Crippen LogP contribution in [0, 0.1) is 0 Å². The second-order valence-corrected chi connectivity index (χ2v) is 5.04. The number of ether oxygens (including phenoxy) is 2. The Morgan fingerprint density at radius 2 is 2.35 bits per heavy atom. The van der Waals surface area contributed by atoms with Crippen LogP contribution in [0.2, 0.25) is 0 Å². The molecule has 2 atom stereocenters. The number of benzene rings is 1. The molecule has 0 bridgehead atoms. The van der Waals surface area contributed by atoms with E-state index in [9.17, 15) is 4.79 Å². The van der Waals surface area contributed by atoms with E-state index in [1.807, 2.05) is 19.1 Å². The fraction of sp³-hybridized carbons (Fsp3) is 0.533. The molecule has 0 saturated carbocycles. The van der Waals surface area contributed by atoms with E-state index in [0.717, 1.165) is 19.4 Å². The number of amides is 1. The molecule has 1 aliphatic rings. The van der Waals surface area contributed by atoms with Crippen LogP contribution in [0.1, 0.15) is 26.2 Å². The fourth-order valence-electron chi connectivity index (χ4n) is 2.28. The van der Waals surface area contributed by atoms with E-state index in [1.165, 1.54) is 0 Å². The molecule has 2 rings (SSSR count). The maximum Gasteiger partial charge on any atom is 0.223 e. The van der Waals surface area contributed by atoms with Gasteiger partial charge in [-0.3, -0.25) is 4.79 Å². The minimum atomic E-state index is -0.0255. The maximum absolute atomic E-state index is 11.8. The summed E-state index contributed by atoms with van der Waals surface area (Å²) in [5.41, 5.74) is 6.34. The van der Waals surface area contributed by atoms with Gasteiger partial charge in [-0.25, -0.2) is 0 Å². The first-order valence-electron chi connectivity index (χ1n) is 7.05. The topological polar surface area (TPSA) is 73.6 Å². The average molecular weight is 278 g/mol. The molecule has 1 aliphatic heterocycles. The van der Waals surface area contributed by atoms with Gasteiger partial charge >= 0.3 is 0 Å². The van der Waals surface area contributed by atoms with Crippen LogP contribution >= 0.6 is 0 Å². The van der Waals surface area contributed by atoms with E-state index < -0.39 is 0 Å². The predicted molar refractivity (Wildman–Crippen MR) is 77.5 cm³/mol. The molecule has 0 aliphatic carbocycles. The van der Waals surface area contributed by atoms with Crippen molar-refractivity contribution in [2.24, 2.45) is 0 Å². The van der Waals surface area contributed by atoms with Crippen LogP contribution in [0.15, 0.2) is 24.3 Å². The molecule has 5 heteroatoms. The SMILES string of the molecule is CC(NC(=O)CCOc1ccccc1N)C1CCCO1. The number of para-hydroxylation sites is 2. The van der Waals surface area contributed by atoms with Crippen molar-refractivity contribution in [1.29, 1.82) is 0 Å². The third-order valence-corrected chi connectivity index (χ3v) is 3.42. The highest BCUT2D eigenvalue weighted by molar-refractivity contribution is 5.76. The van der Waals surface area contributed by atoms with E-state index in [0.29, 0.717) is 24.5 Å². The van der Waals surface area contributed by atoms with Gasteiger partial charge in [-0.05, 0) is 31.9 Å². The lowest BCUT2D eigenvalue weighted by atomic mass is 10.1. The zero-order valence-corrected chi connectivity index (χ0v) is 11.8. The van der Waals surface area contributed by atoms with E-state index in [4.69, 9.17) is 15.2 Å². The van der Waals surface area contributed by atoms with Gasteiger partial charge in [0.2, 0.25) is 5.91 Å². The molecule has 110 valence electrons. The van der Waals surface area contributed by atoms with Gasteiger partial charge in [0.05, 0.1) is 30.9 Å². The molecule has 5 nitrogen and oxygen atoms in total. The number of anilines is 1. The Morgan fingerprint density at radius 1 is 1.55 bits per heavy atom. The molecular weight excluding hydrogens is 256 g/mol. The Bertz CT molecular complexity index is 444. The minimum Gasteiger partial charge on any atom is -0.491 e. The third kappa shape index (κ3) is 4.13. The standard InChI is InChI=1S/C15H22N2O3/c1-11(13-7-4-9-19-13)17-15(18)8-10-20-14-6-3-2-5-12(14)16/h2-3,5-6,11,13H,4,7-10,16H2,1H3,(H,17,18). The number of carbonyl (C=O) groups is 1. The number of hydrogen-bond acceptors (Lipinski definition) is 4. The van der Waals surface area contributed by atoms with Gasteiger partial charge in [-0.1, -0.05) is 12.1 Å². The number of nitrogens with one attached hydrogen (secondary N) is 1. The van der Waals surface area contributed by atoms with E-state index >= 15 is 0 Å². The summed E-state index contributed by atoms with van der Waals surface area (Å²) in [5, 5.41) is 2.95. The first-order valence-corrected chi connectivity index (χ1v) is 7.05. The van der Waals surface area contributed by atoms with Gasteiger partial charge in [-0.15, -0.1) is 0 Å².